The molecule has 4 nitrogen and oxygen atoms in total. The summed E-state index contributed by atoms with van der Waals surface area (Å²) in [6.45, 7) is 7.70. The number of rotatable bonds is 4. The molecule has 2 aromatic rings. The smallest absolute Gasteiger partial charge is 0.261 e. The monoisotopic (exact) mass is 372 g/mol. The van der Waals surface area contributed by atoms with Crippen molar-refractivity contribution < 1.29 is 14.3 Å². The van der Waals surface area contributed by atoms with Gasteiger partial charge in [0, 0.05) is 21.7 Å². The molecule has 2 aromatic carbocycles. The van der Waals surface area contributed by atoms with E-state index in [0.29, 0.717) is 23.5 Å². The summed E-state index contributed by atoms with van der Waals surface area (Å²) in [7, 11) is -3.25. The van der Waals surface area contributed by atoms with E-state index >= 15 is 0 Å². The van der Waals surface area contributed by atoms with Crippen molar-refractivity contribution in [3.8, 4) is 0 Å². The zero-order chi connectivity index (χ0) is 19.0. The van der Waals surface area contributed by atoms with E-state index in [9.17, 15) is 9.77 Å². The number of nitrogens with zero attached hydrogens (tertiary/aromatic N) is 1. The van der Waals surface area contributed by atoms with E-state index in [4.69, 9.17) is 4.52 Å². The number of piperidine rings is 1. The fraction of sp³-hybridized carbons (Fsp3) is 0.429. The highest BCUT2D eigenvalue weighted by molar-refractivity contribution is 7.74. The van der Waals surface area contributed by atoms with Crippen molar-refractivity contribution in [1.82, 2.24) is 5.06 Å². The molecule has 0 atom stereocenters. The lowest BCUT2D eigenvalue weighted by atomic mass is 9.80. The predicted octanol–water partition coefficient (Wildman–Crippen LogP) is 4.30. The Morgan fingerprint density at radius 2 is 1.23 bits per heavy atom. The first-order valence-electron chi connectivity index (χ1n) is 9.02. The van der Waals surface area contributed by atoms with E-state index in [1.54, 1.807) is 0 Å². The van der Waals surface area contributed by atoms with Gasteiger partial charge in [0.1, 0.15) is 0 Å². The van der Waals surface area contributed by atoms with Crippen LogP contribution in [0.4, 0.5) is 0 Å². The second kappa shape index (κ2) is 6.94. The molecule has 1 saturated heterocycles. The molecule has 0 spiro atoms. The molecule has 139 valence electrons. The quantitative estimate of drug-likeness (QED) is 0.752. The molecule has 0 bridgehead atoms. The zero-order valence-electron chi connectivity index (χ0n) is 15.9. The maximum Gasteiger partial charge on any atom is 0.261 e. The maximum absolute atomic E-state index is 14.1. The van der Waals surface area contributed by atoms with Gasteiger partial charge >= 0.3 is 0 Å². The van der Waals surface area contributed by atoms with Gasteiger partial charge in [0.15, 0.2) is 0 Å². The van der Waals surface area contributed by atoms with Crippen LogP contribution >= 0.6 is 7.37 Å². The topological polar surface area (TPSA) is 49.4 Å². The van der Waals surface area contributed by atoms with E-state index in [-0.39, 0.29) is 6.10 Å². The van der Waals surface area contributed by atoms with Crippen molar-refractivity contribution in [1.29, 1.82) is 0 Å². The Hall–Kier alpha value is -1.45. The van der Waals surface area contributed by atoms with E-state index in [2.05, 4.69) is 0 Å². The third kappa shape index (κ3) is 3.65. The predicted molar refractivity (Wildman–Crippen MR) is 105 cm³/mol. The van der Waals surface area contributed by atoms with Crippen LogP contribution in [0.1, 0.15) is 40.5 Å². The van der Waals surface area contributed by atoms with Crippen molar-refractivity contribution >= 4 is 18.0 Å². The van der Waals surface area contributed by atoms with Gasteiger partial charge in [0.2, 0.25) is 0 Å². The summed E-state index contributed by atoms with van der Waals surface area (Å²) in [4.78, 5) is 0. The summed E-state index contributed by atoms with van der Waals surface area (Å²) in [6, 6.07) is 18.7. The highest BCUT2D eigenvalue weighted by Crippen LogP contribution is 2.50. The lowest BCUT2D eigenvalue weighted by molar-refractivity contribution is -0.296. The summed E-state index contributed by atoms with van der Waals surface area (Å²) in [6.07, 6.45) is 0.837. The molecule has 1 heterocycles. The third-order valence-electron chi connectivity index (χ3n) is 5.04. The van der Waals surface area contributed by atoms with Crippen LogP contribution in [-0.4, -0.2) is 22.2 Å². The number of hydrogen-bond donors (Lipinski definition) is 0. The van der Waals surface area contributed by atoms with Crippen LogP contribution in [0.5, 0.6) is 0 Å². The molecule has 0 N–H and O–H groups in total. The molecule has 26 heavy (non-hydrogen) atoms. The molecule has 0 amide bonds. The molecule has 1 fully saturated rings. The van der Waals surface area contributed by atoms with E-state index < -0.39 is 18.4 Å². The molecular formula is C21H27NO3P. The number of hydrogen-bond acceptors (Lipinski definition) is 3. The normalized spacial score (nSPS) is 20.8. The van der Waals surface area contributed by atoms with Crippen molar-refractivity contribution in [3.63, 3.8) is 0 Å². The van der Waals surface area contributed by atoms with Crippen LogP contribution in [0.25, 0.3) is 0 Å². The molecule has 1 aliphatic heterocycles. The molecule has 0 unspecified atom stereocenters. The molecule has 1 aliphatic rings. The first-order chi connectivity index (χ1) is 12.2. The SMILES string of the molecule is CC1(C)CC(OP(=O)(c2ccccc2)c2ccccc2)CC(C)(C)N1[O]. The van der Waals surface area contributed by atoms with Crippen molar-refractivity contribution in [2.75, 3.05) is 0 Å². The van der Waals surface area contributed by atoms with Crippen molar-refractivity contribution in [3.05, 3.63) is 60.7 Å². The lowest BCUT2D eigenvalue weighted by Crippen LogP contribution is -2.59. The summed E-state index contributed by atoms with van der Waals surface area (Å²) in [5.41, 5.74) is -1.13. The summed E-state index contributed by atoms with van der Waals surface area (Å²) >= 11 is 0. The first kappa shape index (κ1) is 19.3. The Labute approximate surface area is 156 Å². The number of hydroxylamine groups is 2. The molecule has 1 radical (unpaired) electrons. The van der Waals surface area contributed by atoms with Crippen LogP contribution in [0.3, 0.4) is 0 Å². The molecule has 0 aliphatic carbocycles. The summed E-state index contributed by atoms with van der Waals surface area (Å²) in [5, 5.41) is 15.1. The molecule has 3 rings (SSSR count). The summed E-state index contributed by atoms with van der Waals surface area (Å²) in [5.74, 6) is 0. The van der Waals surface area contributed by atoms with E-state index in [0.717, 1.165) is 5.06 Å². The van der Waals surface area contributed by atoms with Gasteiger partial charge in [-0.2, -0.15) is 0 Å². The van der Waals surface area contributed by atoms with Crippen LogP contribution < -0.4 is 10.6 Å². The Balaban J connectivity index is 1.99. The second-order valence-corrected chi connectivity index (χ2v) is 10.6. The molecule has 0 saturated carbocycles. The van der Waals surface area contributed by atoms with Crippen LogP contribution in [0.2, 0.25) is 0 Å². The van der Waals surface area contributed by atoms with Crippen molar-refractivity contribution in [2.24, 2.45) is 0 Å². The highest BCUT2D eigenvalue weighted by atomic mass is 31.2. The molecule has 5 heteroatoms. The fourth-order valence-electron chi connectivity index (χ4n) is 3.98. The molecule has 0 aromatic heterocycles. The van der Waals surface area contributed by atoms with Crippen LogP contribution in [0.15, 0.2) is 60.7 Å². The third-order valence-corrected chi connectivity index (χ3v) is 7.59. The van der Waals surface area contributed by atoms with Gasteiger partial charge in [0.05, 0.1) is 6.10 Å². The van der Waals surface area contributed by atoms with Gasteiger partial charge in [-0.15, -0.1) is 10.3 Å². The minimum Gasteiger partial charge on any atom is -0.319 e. The molecular weight excluding hydrogens is 345 g/mol. The van der Waals surface area contributed by atoms with Gasteiger partial charge in [-0.1, -0.05) is 36.4 Å². The van der Waals surface area contributed by atoms with Gasteiger partial charge in [0.25, 0.3) is 7.37 Å². The van der Waals surface area contributed by atoms with E-state index in [1.165, 1.54) is 0 Å². The van der Waals surface area contributed by atoms with Crippen molar-refractivity contribution in [2.45, 2.75) is 57.7 Å². The minimum absolute atomic E-state index is 0.253. The van der Waals surface area contributed by atoms with E-state index in [1.807, 2.05) is 88.4 Å². The zero-order valence-corrected chi connectivity index (χ0v) is 16.8. The minimum atomic E-state index is -3.25. The summed E-state index contributed by atoms with van der Waals surface area (Å²) < 4.78 is 20.4. The highest BCUT2D eigenvalue weighted by Gasteiger charge is 2.48. The second-order valence-electron chi connectivity index (χ2n) is 8.28. The Morgan fingerprint density at radius 3 is 1.62 bits per heavy atom. The maximum atomic E-state index is 14.1. The standard InChI is InChI=1S/C21H27NO3P/c1-20(2)15-17(16-21(3,4)22(20)23)25-26(24,18-11-7-5-8-12-18)19-13-9-6-10-14-19/h5-14,17H,15-16H2,1-4H3. The Morgan fingerprint density at radius 1 is 0.846 bits per heavy atom. The van der Waals surface area contributed by atoms with Gasteiger partial charge in [-0.05, 0) is 64.8 Å². The van der Waals surface area contributed by atoms with Crippen LogP contribution in [-0.2, 0) is 14.3 Å². The van der Waals surface area contributed by atoms with Crippen LogP contribution in [0, 0.1) is 0 Å². The number of benzene rings is 2. The lowest BCUT2D eigenvalue weighted by Gasteiger charge is -2.50. The fourth-order valence-corrected chi connectivity index (χ4v) is 6.22. The first-order valence-corrected chi connectivity index (χ1v) is 10.6. The Bertz CT molecular complexity index is 728. The average Bonchev–Trinajstić information content (AvgIpc) is 2.60. The average molecular weight is 372 g/mol. The van der Waals surface area contributed by atoms with Gasteiger partial charge in [-0.3, -0.25) is 4.57 Å². The largest absolute Gasteiger partial charge is 0.319 e. The Kier molecular flexibility index (Phi) is 5.15. The van der Waals surface area contributed by atoms with Gasteiger partial charge < -0.3 is 4.52 Å². The van der Waals surface area contributed by atoms with Gasteiger partial charge in [-0.25, -0.2) is 0 Å².